The second kappa shape index (κ2) is 10.6. The predicted molar refractivity (Wildman–Crippen MR) is 124 cm³/mol. The van der Waals surface area contributed by atoms with Crippen molar-refractivity contribution in [2.24, 2.45) is 4.99 Å². The number of hydrogen-bond donors (Lipinski definition) is 1. The zero-order valence-electron chi connectivity index (χ0n) is 17.0. The van der Waals surface area contributed by atoms with Crippen LogP contribution >= 0.6 is 24.0 Å². The van der Waals surface area contributed by atoms with Gasteiger partial charge in [-0.1, -0.05) is 12.1 Å². The average molecular weight is 498 g/mol. The fourth-order valence-electron chi connectivity index (χ4n) is 3.55. The van der Waals surface area contributed by atoms with Crippen molar-refractivity contribution in [1.82, 2.24) is 24.7 Å². The molecule has 1 N–H and O–H groups in total. The van der Waals surface area contributed by atoms with E-state index in [1.54, 1.807) is 6.92 Å². The minimum absolute atomic E-state index is 0. The third kappa shape index (κ3) is 5.36. The fraction of sp³-hybridized carbons (Fsp3) is 0.550. The van der Waals surface area contributed by atoms with E-state index in [9.17, 15) is 4.79 Å². The highest BCUT2D eigenvalue weighted by Crippen LogP contribution is 2.15. The Morgan fingerprint density at radius 1 is 1.18 bits per heavy atom. The van der Waals surface area contributed by atoms with E-state index in [1.807, 2.05) is 11.0 Å². The number of carbonyl (C=O) groups excluding carboxylic acids is 1. The van der Waals surface area contributed by atoms with Crippen LogP contribution in [0.4, 0.5) is 0 Å². The Balaban J connectivity index is 0.00000280. The second-order valence-electron chi connectivity index (χ2n) is 6.88. The highest BCUT2D eigenvalue weighted by molar-refractivity contribution is 14.0. The van der Waals surface area contributed by atoms with Gasteiger partial charge >= 0.3 is 0 Å². The summed E-state index contributed by atoms with van der Waals surface area (Å²) in [5, 5.41) is 3.38. The number of fused-ring (bicyclic) bond motifs is 1. The van der Waals surface area contributed by atoms with Gasteiger partial charge in [0.25, 0.3) is 0 Å². The lowest BCUT2D eigenvalue weighted by Crippen LogP contribution is -2.53. The summed E-state index contributed by atoms with van der Waals surface area (Å²) < 4.78 is 2.27. The lowest BCUT2D eigenvalue weighted by Gasteiger charge is -2.36. The molecule has 0 atom stereocenters. The van der Waals surface area contributed by atoms with Crippen LogP contribution in [0.2, 0.25) is 0 Å². The second-order valence-corrected chi connectivity index (χ2v) is 6.88. The van der Waals surface area contributed by atoms with Crippen molar-refractivity contribution in [2.45, 2.75) is 33.7 Å². The molecule has 0 bridgehead atoms. The Labute approximate surface area is 184 Å². The summed E-state index contributed by atoms with van der Waals surface area (Å²) in [5.41, 5.74) is 2.24. The van der Waals surface area contributed by atoms with Crippen LogP contribution in [0.1, 0.15) is 26.1 Å². The van der Waals surface area contributed by atoms with Crippen molar-refractivity contribution in [3.63, 3.8) is 0 Å². The van der Waals surface area contributed by atoms with Crippen LogP contribution in [-0.2, 0) is 11.3 Å². The lowest BCUT2D eigenvalue weighted by molar-refractivity contribution is -0.130. The normalized spacial score (nSPS) is 14.9. The van der Waals surface area contributed by atoms with E-state index in [0.29, 0.717) is 0 Å². The topological polar surface area (TPSA) is 65.8 Å². The standard InChI is InChI=1S/C20H30N6O.HI/c1-4-21-20(25-14-12-24(13-15-25)17(3)27)22-10-7-11-26-16(2)23-18-8-5-6-9-19(18)26;/h5-6,8-9H,4,7,10-15H2,1-3H3,(H,21,22);1H. The van der Waals surface area contributed by atoms with E-state index in [1.165, 1.54) is 5.52 Å². The van der Waals surface area contributed by atoms with E-state index >= 15 is 0 Å². The Morgan fingerprint density at radius 3 is 2.54 bits per heavy atom. The monoisotopic (exact) mass is 498 g/mol. The molecule has 0 saturated carbocycles. The van der Waals surface area contributed by atoms with Gasteiger partial charge in [-0.15, -0.1) is 24.0 Å². The molecule has 2 heterocycles. The molecule has 1 aliphatic heterocycles. The van der Waals surface area contributed by atoms with Gasteiger partial charge in [0.1, 0.15) is 5.82 Å². The molecule has 3 rings (SSSR count). The van der Waals surface area contributed by atoms with E-state index in [-0.39, 0.29) is 29.9 Å². The quantitative estimate of drug-likeness (QED) is 0.298. The number of nitrogens with zero attached hydrogens (tertiary/aromatic N) is 5. The number of aromatic nitrogens is 2. The summed E-state index contributed by atoms with van der Waals surface area (Å²) in [7, 11) is 0. The molecule has 154 valence electrons. The molecule has 0 unspecified atom stereocenters. The van der Waals surface area contributed by atoms with Crippen LogP contribution in [0.15, 0.2) is 29.3 Å². The molecule has 0 radical (unpaired) electrons. The minimum atomic E-state index is 0. The number of aliphatic imine (C=N–C) groups is 1. The number of para-hydroxylation sites is 2. The molecule has 1 aliphatic rings. The summed E-state index contributed by atoms with van der Waals surface area (Å²) in [6.45, 7) is 11.5. The van der Waals surface area contributed by atoms with Gasteiger partial charge < -0.3 is 19.7 Å². The smallest absolute Gasteiger partial charge is 0.219 e. The van der Waals surface area contributed by atoms with E-state index in [0.717, 1.165) is 69.5 Å². The Kier molecular flexibility index (Phi) is 8.53. The number of halogens is 1. The van der Waals surface area contributed by atoms with Gasteiger partial charge in [-0.3, -0.25) is 9.79 Å². The van der Waals surface area contributed by atoms with E-state index < -0.39 is 0 Å². The molecular formula is C20H31IN6O. The van der Waals surface area contributed by atoms with E-state index in [4.69, 9.17) is 4.99 Å². The predicted octanol–water partition coefficient (Wildman–Crippen LogP) is 2.48. The first-order chi connectivity index (χ1) is 13.1. The summed E-state index contributed by atoms with van der Waals surface area (Å²) in [4.78, 5) is 25.1. The molecule has 1 amide bonds. The van der Waals surface area contributed by atoms with Crippen LogP contribution in [0.3, 0.4) is 0 Å². The van der Waals surface area contributed by atoms with Crippen molar-refractivity contribution in [1.29, 1.82) is 0 Å². The maximum absolute atomic E-state index is 11.5. The van der Waals surface area contributed by atoms with Gasteiger partial charge in [0.05, 0.1) is 11.0 Å². The molecule has 0 aliphatic carbocycles. The summed E-state index contributed by atoms with van der Waals surface area (Å²) in [6.07, 6.45) is 0.962. The number of rotatable bonds is 5. The number of aryl methyl sites for hydroxylation is 2. The zero-order valence-corrected chi connectivity index (χ0v) is 19.3. The third-order valence-electron chi connectivity index (χ3n) is 5.01. The van der Waals surface area contributed by atoms with Gasteiger partial charge in [0, 0.05) is 52.7 Å². The van der Waals surface area contributed by atoms with Crippen LogP contribution in [0.25, 0.3) is 11.0 Å². The molecule has 1 aromatic carbocycles. The zero-order chi connectivity index (χ0) is 19.2. The van der Waals surface area contributed by atoms with Crippen molar-refractivity contribution >= 4 is 46.9 Å². The van der Waals surface area contributed by atoms with Crippen molar-refractivity contribution in [2.75, 3.05) is 39.3 Å². The third-order valence-corrected chi connectivity index (χ3v) is 5.01. The Morgan fingerprint density at radius 2 is 1.86 bits per heavy atom. The Hall–Kier alpha value is -1.84. The number of imidazole rings is 1. The number of amides is 1. The summed E-state index contributed by atoms with van der Waals surface area (Å²) in [6, 6.07) is 8.26. The van der Waals surface area contributed by atoms with Gasteiger partial charge in [-0.25, -0.2) is 4.98 Å². The number of carbonyl (C=O) groups is 1. The van der Waals surface area contributed by atoms with Crippen molar-refractivity contribution in [3.8, 4) is 0 Å². The minimum Gasteiger partial charge on any atom is -0.357 e. The first kappa shape index (κ1) is 22.4. The van der Waals surface area contributed by atoms with Crippen LogP contribution in [-0.4, -0.2) is 70.5 Å². The molecule has 2 aromatic rings. The first-order valence-electron chi connectivity index (χ1n) is 9.80. The van der Waals surface area contributed by atoms with Gasteiger partial charge in [-0.2, -0.15) is 0 Å². The SMILES string of the molecule is CCNC(=NCCCn1c(C)nc2ccccc21)N1CCN(C(C)=O)CC1.I. The molecule has 8 heteroatoms. The number of benzene rings is 1. The Bertz CT molecular complexity index is 810. The molecule has 0 spiro atoms. The van der Waals surface area contributed by atoms with Crippen molar-refractivity contribution < 1.29 is 4.79 Å². The number of hydrogen-bond acceptors (Lipinski definition) is 3. The van der Waals surface area contributed by atoms with Crippen LogP contribution < -0.4 is 5.32 Å². The number of nitrogens with one attached hydrogen (secondary N) is 1. The van der Waals surface area contributed by atoms with Crippen LogP contribution in [0, 0.1) is 6.92 Å². The molecule has 1 saturated heterocycles. The fourth-order valence-corrected chi connectivity index (χ4v) is 3.55. The summed E-state index contributed by atoms with van der Waals surface area (Å²) >= 11 is 0. The maximum Gasteiger partial charge on any atom is 0.219 e. The van der Waals surface area contributed by atoms with Crippen molar-refractivity contribution in [3.05, 3.63) is 30.1 Å². The van der Waals surface area contributed by atoms with Crippen LogP contribution in [0.5, 0.6) is 0 Å². The summed E-state index contributed by atoms with van der Waals surface area (Å²) in [5.74, 6) is 2.15. The van der Waals surface area contributed by atoms with Gasteiger partial charge in [0.15, 0.2) is 5.96 Å². The maximum atomic E-state index is 11.5. The highest BCUT2D eigenvalue weighted by Gasteiger charge is 2.20. The van der Waals surface area contributed by atoms with Gasteiger partial charge in [-0.05, 0) is 32.4 Å². The average Bonchev–Trinajstić information content (AvgIpc) is 2.99. The molecular weight excluding hydrogens is 467 g/mol. The first-order valence-corrected chi connectivity index (χ1v) is 9.80. The molecule has 7 nitrogen and oxygen atoms in total. The number of guanidine groups is 1. The number of piperazine rings is 1. The largest absolute Gasteiger partial charge is 0.357 e. The van der Waals surface area contributed by atoms with E-state index in [2.05, 4.69) is 51.8 Å². The lowest BCUT2D eigenvalue weighted by atomic mass is 10.3. The molecule has 1 fully saturated rings. The molecule has 1 aromatic heterocycles. The molecule has 28 heavy (non-hydrogen) atoms. The van der Waals surface area contributed by atoms with Gasteiger partial charge in [0.2, 0.25) is 5.91 Å². The highest BCUT2D eigenvalue weighted by atomic mass is 127.